The first-order valence-corrected chi connectivity index (χ1v) is 5.77. The number of thiocarbonyl (C=S) groups is 1. The van der Waals surface area contributed by atoms with Crippen molar-refractivity contribution in [2.45, 2.75) is 6.92 Å². The number of hydrogen-bond donors (Lipinski definition) is 1. The SMILES string of the molecule is Cc1ccc(/C=C2/SC(=S)N(CO)C2=O)o1. The molecule has 0 atom stereocenters. The molecule has 0 saturated carbocycles. The Morgan fingerprint density at radius 3 is 2.88 bits per heavy atom. The highest BCUT2D eigenvalue weighted by molar-refractivity contribution is 8.26. The lowest BCUT2D eigenvalue weighted by atomic mass is 10.3. The molecule has 1 aliphatic heterocycles. The van der Waals surface area contributed by atoms with E-state index in [0.29, 0.717) is 15.0 Å². The van der Waals surface area contributed by atoms with Crippen LogP contribution in [0.1, 0.15) is 11.5 Å². The van der Waals surface area contributed by atoms with Crippen LogP contribution in [0.4, 0.5) is 0 Å². The van der Waals surface area contributed by atoms with E-state index in [4.69, 9.17) is 21.7 Å². The van der Waals surface area contributed by atoms with Gasteiger partial charge in [0, 0.05) is 6.08 Å². The number of aryl methyl sites for hydroxylation is 1. The first-order valence-electron chi connectivity index (χ1n) is 4.54. The van der Waals surface area contributed by atoms with Crippen LogP contribution in [0.3, 0.4) is 0 Å². The van der Waals surface area contributed by atoms with Crippen molar-refractivity contribution in [1.29, 1.82) is 0 Å². The molecule has 0 radical (unpaired) electrons. The Morgan fingerprint density at radius 2 is 2.38 bits per heavy atom. The molecule has 1 aromatic heterocycles. The zero-order valence-electron chi connectivity index (χ0n) is 8.47. The van der Waals surface area contributed by atoms with Crippen molar-refractivity contribution in [2.75, 3.05) is 6.73 Å². The van der Waals surface area contributed by atoms with Crippen LogP contribution in [0.15, 0.2) is 21.5 Å². The number of carbonyl (C=O) groups is 1. The van der Waals surface area contributed by atoms with Crippen molar-refractivity contribution in [3.63, 3.8) is 0 Å². The Hall–Kier alpha value is -1.11. The molecule has 1 amide bonds. The van der Waals surface area contributed by atoms with E-state index >= 15 is 0 Å². The highest BCUT2D eigenvalue weighted by atomic mass is 32.2. The predicted octanol–water partition coefficient (Wildman–Crippen LogP) is 1.74. The Kier molecular flexibility index (Phi) is 3.13. The van der Waals surface area contributed by atoms with Crippen molar-refractivity contribution < 1.29 is 14.3 Å². The first-order chi connectivity index (χ1) is 7.61. The maximum absolute atomic E-state index is 11.7. The van der Waals surface area contributed by atoms with E-state index in [1.54, 1.807) is 12.1 Å². The molecule has 1 aliphatic rings. The van der Waals surface area contributed by atoms with Gasteiger partial charge in [-0.2, -0.15) is 0 Å². The van der Waals surface area contributed by atoms with Gasteiger partial charge in [0.05, 0.1) is 4.91 Å². The zero-order valence-corrected chi connectivity index (χ0v) is 10.1. The van der Waals surface area contributed by atoms with Crippen molar-refractivity contribution in [1.82, 2.24) is 4.90 Å². The molecule has 2 rings (SSSR count). The number of nitrogens with zero attached hydrogens (tertiary/aromatic N) is 1. The summed E-state index contributed by atoms with van der Waals surface area (Å²) in [5.74, 6) is 1.10. The van der Waals surface area contributed by atoms with Gasteiger partial charge in [-0.3, -0.25) is 9.69 Å². The van der Waals surface area contributed by atoms with Crippen molar-refractivity contribution in [3.05, 3.63) is 28.6 Å². The molecule has 84 valence electrons. The second kappa shape index (κ2) is 4.40. The summed E-state index contributed by atoms with van der Waals surface area (Å²) in [4.78, 5) is 13.3. The summed E-state index contributed by atoms with van der Waals surface area (Å²) < 4.78 is 5.69. The third-order valence-electron chi connectivity index (χ3n) is 2.05. The number of aliphatic hydroxyl groups is 1. The molecular formula is C10H9NO3S2. The van der Waals surface area contributed by atoms with Crippen molar-refractivity contribution in [3.8, 4) is 0 Å². The van der Waals surface area contributed by atoms with Crippen LogP contribution in [0.25, 0.3) is 6.08 Å². The summed E-state index contributed by atoms with van der Waals surface area (Å²) in [6, 6.07) is 3.60. The topological polar surface area (TPSA) is 53.7 Å². The standard InChI is InChI=1S/C10H9NO3S2/c1-6-2-3-7(14-6)4-8-9(13)11(5-12)10(15)16-8/h2-4,12H,5H2,1H3/b8-4+. The molecular weight excluding hydrogens is 246 g/mol. The number of amides is 1. The summed E-state index contributed by atoms with van der Waals surface area (Å²) in [5, 5.41) is 8.95. The number of furan rings is 1. The molecule has 16 heavy (non-hydrogen) atoms. The first kappa shape index (κ1) is 11.4. The summed E-state index contributed by atoms with van der Waals surface area (Å²) in [7, 11) is 0. The highest BCUT2D eigenvalue weighted by Gasteiger charge is 2.31. The minimum atomic E-state index is -0.390. The van der Waals surface area contributed by atoms with Gasteiger partial charge < -0.3 is 9.52 Å². The van der Waals surface area contributed by atoms with Crippen LogP contribution in [0.5, 0.6) is 0 Å². The van der Waals surface area contributed by atoms with Crippen molar-refractivity contribution >= 4 is 40.3 Å². The van der Waals surface area contributed by atoms with Crippen LogP contribution in [-0.2, 0) is 4.79 Å². The number of thioether (sulfide) groups is 1. The van der Waals surface area contributed by atoms with E-state index in [0.717, 1.165) is 22.4 Å². The number of rotatable bonds is 2. The molecule has 0 unspecified atom stereocenters. The van der Waals surface area contributed by atoms with E-state index in [2.05, 4.69) is 0 Å². The van der Waals surface area contributed by atoms with Gasteiger partial charge in [-0.25, -0.2) is 0 Å². The molecule has 4 nitrogen and oxygen atoms in total. The second-order valence-corrected chi connectivity index (χ2v) is 4.88. The van der Waals surface area contributed by atoms with Gasteiger partial charge in [0.1, 0.15) is 22.6 Å². The summed E-state index contributed by atoms with van der Waals surface area (Å²) in [5.41, 5.74) is 0. The van der Waals surface area contributed by atoms with Crippen LogP contribution < -0.4 is 0 Å². The van der Waals surface area contributed by atoms with Crippen LogP contribution in [-0.4, -0.2) is 27.0 Å². The maximum atomic E-state index is 11.7. The predicted molar refractivity (Wildman–Crippen MR) is 65.5 cm³/mol. The normalized spacial score (nSPS) is 18.9. The second-order valence-electron chi connectivity index (χ2n) is 3.20. The Morgan fingerprint density at radius 1 is 1.62 bits per heavy atom. The van der Waals surface area contributed by atoms with Gasteiger partial charge in [-0.05, 0) is 19.1 Å². The van der Waals surface area contributed by atoms with E-state index in [9.17, 15) is 4.79 Å². The minimum absolute atomic E-state index is 0.286. The van der Waals surface area contributed by atoms with Gasteiger partial charge in [0.15, 0.2) is 0 Å². The Bertz CT molecular complexity index is 478. The fourth-order valence-corrected chi connectivity index (χ4v) is 2.50. The van der Waals surface area contributed by atoms with E-state index in [-0.39, 0.29) is 12.6 Å². The number of hydrogen-bond acceptors (Lipinski definition) is 5. The number of aliphatic hydroxyl groups excluding tert-OH is 1. The fraction of sp³-hybridized carbons (Fsp3) is 0.200. The summed E-state index contributed by atoms with van der Waals surface area (Å²) >= 11 is 6.11. The third-order valence-corrected chi connectivity index (χ3v) is 3.43. The molecule has 1 saturated heterocycles. The van der Waals surface area contributed by atoms with Gasteiger partial charge in [-0.15, -0.1) is 0 Å². The largest absolute Gasteiger partial charge is 0.462 e. The summed E-state index contributed by atoms with van der Waals surface area (Å²) in [6.07, 6.45) is 1.63. The molecule has 6 heteroatoms. The smallest absolute Gasteiger partial charge is 0.268 e. The van der Waals surface area contributed by atoms with Gasteiger partial charge in [0.2, 0.25) is 0 Å². The molecule has 2 heterocycles. The van der Waals surface area contributed by atoms with Crippen molar-refractivity contribution in [2.24, 2.45) is 0 Å². The average Bonchev–Trinajstić information content (AvgIpc) is 2.74. The molecule has 0 aromatic carbocycles. The van der Waals surface area contributed by atoms with Gasteiger partial charge in [-0.1, -0.05) is 24.0 Å². The highest BCUT2D eigenvalue weighted by Crippen LogP contribution is 2.32. The minimum Gasteiger partial charge on any atom is -0.462 e. The zero-order chi connectivity index (χ0) is 11.7. The lowest BCUT2D eigenvalue weighted by molar-refractivity contribution is -0.124. The molecule has 0 spiro atoms. The lowest BCUT2D eigenvalue weighted by Gasteiger charge is -2.08. The number of carbonyl (C=O) groups excluding carboxylic acids is 1. The molecule has 1 N–H and O–H groups in total. The van der Waals surface area contributed by atoms with Gasteiger partial charge >= 0.3 is 0 Å². The summed E-state index contributed by atoms with van der Waals surface area (Å²) in [6.45, 7) is 1.44. The quantitative estimate of drug-likeness (QED) is 0.644. The molecule has 0 aliphatic carbocycles. The van der Waals surface area contributed by atoms with Crippen LogP contribution in [0, 0.1) is 6.92 Å². The molecule has 0 bridgehead atoms. The maximum Gasteiger partial charge on any atom is 0.268 e. The van der Waals surface area contributed by atoms with E-state index < -0.39 is 0 Å². The van der Waals surface area contributed by atoms with Gasteiger partial charge in [0.25, 0.3) is 5.91 Å². The van der Waals surface area contributed by atoms with Crippen LogP contribution in [0.2, 0.25) is 0 Å². The Balaban J connectivity index is 2.27. The third kappa shape index (κ3) is 2.04. The van der Waals surface area contributed by atoms with E-state index in [1.807, 2.05) is 13.0 Å². The monoisotopic (exact) mass is 255 g/mol. The van der Waals surface area contributed by atoms with E-state index in [1.165, 1.54) is 0 Å². The Labute approximate surface area is 102 Å². The average molecular weight is 255 g/mol. The molecule has 1 fully saturated rings. The van der Waals surface area contributed by atoms with Crippen LogP contribution >= 0.6 is 24.0 Å². The lowest BCUT2D eigenvalue weighted by Crippen LogP contribution is -2.28. The fourth-order valence-electron chi connectivity index (χ4n) is 1.28. The molecule has 1 aromatic rings.